The fourth-order valence-electron chi connectivity index (χ4n) is 1.11. The molecule has 0 amide bonds. The van der Waals surface area contributed by atoms with Crippen LogP contribution in [0.2, 0.25) is 0 Å². The lowest BCUT2D eigenvalue weighted by molar-refractivity contribution is -0.136. The molecule has 0 aromatic heterocycles. The van der Waals surface area contributed by atoms with Crippen LogP contribution in [0.25, 0.3) is 0 Å². The van der Waals surface area contributed by atoms with Gasteiger partial charge in [-0.05, 0) is 12.0 Å². The second-order valence-electron chi connectivity index (χ2n) is 3.20. The quantitative estimate of drug-likeness (QED) is 0.873. The van der Waals surface area contributed by atoms with Crippen molar-refractivity contribution in [2.24, 2.45) is 0 Å². The maximum absolute atomic E-state index is 10.2. The second-order valence-corrected chi connectivity index (χ2v) is 3.20. The Kier molecular flexibility index (Phi) is 6.03. The van der Waals surface area contributed by atoms with Crippen molar-refractivity contribution in [1.82, 2.24) is 0 Å². The molecule has 1 aliphatic rings. The van der Waals surface area contributed by atoms with Gasteiger partial charge in [0.05, 0.1) is 0 Å². The molecule has 0 spiro atoms. The molecule has 0 fully saturated rings. The molecule has 17 heavy (non-hydrogen) atoms. The van der Waals surface area contributed by atoms with Crippen molar-refractivity contribution in [3.8, 4) is 0 Å². The van der Waals surface area contributed by atoms with Gasteiger partial charge in [0.15, 0.2) is 0 Å². The molecule has 1 aromatic carbocycles. The molecular weight excluding hydrogens is 220 g/mol. The molecule has 0 saturated heterocycles. The summed E-state index contributed by atoms with van der Waals surface area (Å²) >= 11 is 0. The molecular formula is C13H14O4. The summed E-state index contributed by atoms with van der Waals surface area (Å²) in [5.74, 6) is -0.742. The highest BCUT2D eigenvalue weighted by molar-refractivity contribution is 5.67. The number of carboxylic acids is 1. The van der Waals surface area contributed by atoms with Crippen LogP contribution in [0.5, 0.6) is 0 Å². The summed E-state index contributed by atoms with van der Waals surface area (Å²) in [6.07, 6.45) is 6.67. The molecule has 4 nitrogen and oxygen atoms in total. The molecule has 0 aliphatic carbocycles. The van der Waals surface area contributed by atoms with Gasteiger partial charge in [-0.2, -0.15) is 0 Å². The Morgan fingerprint density at radius 2 is 1.53 bits per heavy atom. The van der Waals surface area contributed by atoms with Crippen LogP contribution in [0, 0.1) is 0 Å². The topological polar surface area (TPSA) is 55.8 Å². The molecule has 1 N–H and O–H groups in total. The van der Waals surface area contributed by atoms with Gasteiger partial charge in [-0.15, -0.1) is 0 Å². The van der Waals surface area contributed by atoms with Crippen LogP contribution in [0.3, 0.4) is 0 Å². The third-order valence-electron chi connectivity index (χ3n) is 1.90. The van der Waals surface area contributed by atoms with Crippen molar-refractivity contribution >= 4 is 5.97 Å². The first-order chi connectivity index (χ1) is 8.29. The van der Waals surface area contributed by atoms with E-state index in [1.807, 2.05) is 30.3 Å². The summed E-state index contributed by atoms with van der Waals surface area (Å²) in [5.41, 5.74) is 1.08. The zero-order valence-corrected chi connectivity index (χ0v) is 9.28. The molecule has 1 aromatic rings. The summed E-state index contributed by atoms with van der Waals surface area (Å²) in [5, 5.41) is 8.37. The van der Waals surface area contributed by atoms with Crippen LogP contribution in [0.1, 0.15) is 12.0 Å². The van der Waals surface area contributed by atoms with Crippen molar-refractivity contribution < 1.29 is 19.4 Å². The van der Waals surface area contributed by atoms with E-state index in [-0.39, 0.29) is 6.42 Å². The normalized spacial score (nSPS) is 11.8. The van der Waals surface area contributed by atoms with Crippen LogP contribution in [0.15, 0.2) is 55.4 Å². The van der Waals surface area contributed by atoms with Crippen molar-refractivity contribution in [1.29, 1.82) is 0 Å². The Hall–Kier alpha value is -2.23. The lowest BCUT2D eigenvalue weighted by Crippen LogP contribution is -1.96. The number of benzene rings is 1. The number of ether oxygens (including phenoxy) is 2. The van der Waals surface area contributed by atoms with E-state index >= 15 is 0 Å². The number of carbonyl (C=O) groups is 1. The van der Waals surface area contributed by atoms with Gasteiger partial charge < -0.3 is 14.6 Å². The van der Waals surface area contributed by atoms with Crippen LogP contribution in [-0.2, 0) is 20.7 Å². The third kappa shape index (κ3) is 6.78. The first-order valence-corrected chi connectivity index (χ1v) is 5.15. The van der Waals surface area contributed by atoms with Gasteiger partial charge in [0.2, 0.25) is 0 Å². The van der Waals surface area contributed by atoms with E-state index in [1.165, 1.54) is 25.0 Å². The molecule has 2 rings (SSSR count). The molecule has 0 atom stereocenters. The highest BCUT2D eigenvalue weighted by Crippen LogP contribution is 2.01. The average molecular weight is 234 g/mol. The molecule has 0 bridgehead atoms. The minimum Gasteiger partial charge on any atom is -0.481 e. The van der Waals surface area contributed by atoms with Gasteiger partial charge in [-0.3, -0.25) is 4.79 Å². The van der Waals surface area contributed by atoms with Crippen LogP contribution in [0.4, 0.5) is 0 Å². The highest BCUT2D eigenvalue weighted by Gasteiger charge is 1.96. The first-order valence-electron chi connectivity index (χ1n) is 5.15. The Labute approximate surface area is 99.8 Å². The number of aryl methyl sites for hydroxylation is 1. The number of rotatable bonds is 3. The van der Waals surface area contributed by atoms with Crippen molar-refractivity contribution in [2.75, 3.05) is 0 Å². The zero-order valence-electron chi connectivity index (χ0n) is 9.28. The minimum atomic E-state index is -0.742. The van der Waals surface area contributed by atoms with E-state index in [9.17, 15) is 4.79 Å². The highest BCUT2D eigenvalue weighted by atomic mass is 16.5. The summed E-state index contributed by atoms with van der Waals surface area (Å²) < 4.78 is 9.17. The zero-order chi connectivity index (χ0) is 12.3. The number of hydrogen-bond donors (Lipinski definition) is 1. The van der Waals surface area contributed by atoms with Crippen LogP contribution >= 0.6 is 0 Å². The molecule has 90 valence electrons. The fraction of sp³-hybridized carbons (Fsp3) is 0.154. The van der Waals surface area contributed by atoms with E-state index < -0.39 is 5.97 Å². The second kappa shape index (κ2) is 7.98. The number of hydrogen-bond acceptors (Lipinski definition) is 3. The summed E-state index contributed by atoms with van der Waals surface area (Å²) in [4.78, 5) is 10.2. The monoisotopic (exact) mass is 234 g/mol. The predicted octanol–water partition coefficient (Wildman–Crippen LogP) is 2.68. The molecule has 0 radical (unpaired) electrons. The third-order valence-corrected chi connectivity index (χ3v) is 1.90. The molecule has 0 saturated carbocycles. The van der Waals surface area contributed by atoms with Crippen LogP contribution < -0.4 is 0 Å². The van der Waals surface area contributed by atoms with Gasteiger partial charge in [0, 0.05) is 6.42 Å². The largest absolute Gasteiger partial charge is 0.481 e. The van der Waals surface area contributed by atoms with E-state index in [4.69, 9.17) is 5.11 Å². The van der Waals surface area contributed by atoms with E-state index in [0.717, 1.165) is 5.56 Å². The van der Waals surface area contributed by atoms with Crippen molar-refractivity contribution in [3.63, 3.8) is 0 Å². The summed E-state index contributed by atoms with van der Waals surface area (Å²) in [7, 11) is 0. The molecule has 1 aliphatic heterocycles. The average Bonchev–Trinajstić information content (AvgIpc) is 2.40. The SMILES string of the molecule is C1=COC=CO1.O=C(O)CCc1ccccc1. The minimum absolute atomic E-state index is 0.212. The van der Waals surface area contributed by atoms with E-state index in [0.29, 0.717) is 6.42 Å². The van der Waals surface area contributed by atoms with Gasteiger partial charge in [0.1, 0.15) is 25.0 Å². The predicted molar refractivity (Wildman–Crippen MR) is 62.8 cm³/mol. The van der Waals surface area contributed by atoms with Gasteiger partial charge in [-0.25, -0.2) is 0 Å². The van der Waals surface area contributed by atoms with Gasteiger partial charge >= 0.3 is 5.97 Å². The standard InChI is InChI=1S/C9H10O2.C4H4O2/c10-9(11)7-6-8-4-2-1-3-5-8;1-2-6-4-3-5-1/h1-5H,6-7H2,(H,10,11);1-4H. The maximum atomic E-state index is 10.2. The summed E-state index contributed by atoms with van der Waals surface area (Å²) in [6.45, 7) is 0. The Morgan fingerprint density at radius 1 is 1.00 bits per heavy atom. The lowest BCUT2D eigenvalue weighted by atomic mass is 10.1. The van der Waals surface area contributed by atoms with Gasteiger partial charge in [0.25, 0.3) is 0 Å². The fourth-order valence-corrected chi connectivity index (χ4v) is 1.11. The lowest BCUT2D eigenvalue weighted by Gasteiger charge is -1.95. The Morgan fingerprint density at radius 3 is 1.94 bits per heavy atom. The van der Waals surface area contributed by atoms with Crippen LogP contribution in [-0.4, -0.2) is 11.1 Å². The molecule has 4 heteroatoms. The Bertz CT molecular complexity index is 362. The molecule has 1 heterocycles. The van der Waals surface area contributed by atoms with Crippen molar-refractivity contribution in [2.45, 2.75) is 12.8 Å². The van der Waals surface area contributed by atoms with Gasteiger partial charge in [-0.1, -0.05) is 30.3 Å². The number of aliphatic carboxylic acids is 1. The van der Waals surface area contributed by atoms with E-state index in [2.05, 4.69) is 9.47 Å². The smallest absolute Gasteiger partial charge is 0.303 e. The van der Waals surface area contributed by atoms with Crippen molar-refractivity contribution in [3.05, 3.63) is 60.9 Å². The summed E-state index contributed by atoms with van der Waals surface area (Å²) in [6, 6.07) is 9.62. The number of carboxylic acid groups (broad SMARTS) is 1. The van der Waals surface area contributed by atoms with E-state index in [1.54, 1.807) is 0 Å². The molecule has 0 unspecified atom stereocenters. The Balaban J connectivity index is 0.000000202. The maximum Gasteiger partial charge on any atom is 0.303 e. The first kappa shape index (κ1) is 12.8.